The second-order valence-electron chi connectivity index (χ2n) is 6.66. The average Bonchev–Trinajstić information content (AvgIpc) is 3.24. The van der Waals surface area contributed by atoms with Crippen LogP contribution in [-0.4, -0.2) is 26.0 Å². The van der Waals surface area contributed by atoms with E-state index in [1.807, 2.05) is 23.1 Å². The third-order valence-electron chi connectivity index (χ3n) is 4.84. The van der Waals surface area contributed by atoms with Crippen molar-refractivity contribution in [3.8, 4) is 0 Å². The van der Waals surface area contributed by atoms with Crippen LogP contribution in [0.2, 0.25) is 0 Å². The van der Waals surface area contributed by atoms with E-state index in [0.29, 0.717) is 12.1 Å². The molecule has 0 radical (unpaired) electrons. The zero-order valence-corrected chi connectivity index (χ0v) is 13.9. The predicted octanol–water partition coefficient (Wildman–Crippen LogP) is 2.86. The van der Waals surface area contributed by atoms with Crippen molar-refractivity contribution < 1.29 is 0 Å². The fraction of sp³-hybridized carbons (Fsp3) is 0.368. The molecule has 4 rings (SSSR count). The van der Waals surface area contributed by atoms with Crippen LogP contribution in [-0.2, 0) is 19.4 Å². The minimum Gasteiger partial charge on any atom is -0.307 e. The highest BCUT2D eigenvalue weighted by Crippen LogP contribution is 2.22. The number of H-pyrrole nitrogens is 1. The van der Waals surface area contributed by atoms with Crippen LogP contribution >= 0.6 is 0 Å². The van der Waals surface area contributed by atoms with Crippen molar-refractivity contribution in [1.82, 2.24) is 25.3 Å². The summed E-state index contributed by atoms with van der Waals surface area (Å²) in [6.07, 6.45) is 9.37. The number of hydrogen-bond donors (Lipinski definition) is 2. The lowest BCUT2D eigenvalue weighted by molar-refractivity contribution is 0.412. The van der Waals surface area contributed by atoms with Gasteiger partial charge in [0.05, 0.1) is 18.9 Å². The zero-order valence-electron chi connectivity index (χ0n) is 13.9. The lowest BCUT2D eigenvalue weighted by atomic mass is 9.93. The Morgan fingerprint density at radius 3 is 3.04 bits per heavy atom. The van der Waals surface area contributed by atoms with Crippen molar-refractivity contribution in [2.24, 2.45) is 0 Å². The average molecular weight is 321 g/mol. The summed E-state index contributed by atoms with van der Waals surface area (Å²) in [5, 5.41) is 15.5. The number of hydrogen-bond acceptors (Lipinski definition) is 3. The standard InChI is InChI=1S/C19H23N5/c1-14(22-18-7-8-19-16(9-18)10-20-23-19)17-11-21-24(13-17)12-15-5-3-2-4-6-15/h2-6,10-11,13-14,18,22H,7-9,12H2,1H3,(H,20,23). The first kappa shape index (κ1) is 15.1. The summed E-state index contributed by atoms with van der Waals surface area (Å²) in [5.41, 5.74) is 5.17. The maximum Gasteiger partial charge on any atom is 0.0659 e. The fourth-order valence-electron chi connectivity index (χ4n) is 3.47. The number of aromatic amines is 1. The van der Waals surface area contributed by atoms with Gasteiger partial charge in [-0.2, -0.15) is 10.2 Å². The summed E-state index contributed by atoms with van der Waals surface area (Å²) >= 11 is 0. The van der Waals surface area contributed by atoms with Crippen LogP contribution in [0.5, 0.6) is 0 Å². The van der Waals surface area contributed by atoms with Crippen LogP contribution in [0.1, 0.15) is 41.8 Å². The van der Waals surface area contributed by atoms with E-state index >= 15 is 0 Å². The first-order valence-corrected chi connectivity index (χ1v) is 8.61. The highest BCUT2D eigenvalue weighted by Gasteiger charge is 2.22. The van der Waals surface area contributed by atoms with Gasteiger partial charge in [-0.3, -0.25) is 9.78 Å². The molecule has 5 heteroatoms. The third kappa shape index (κ3) is 3.26. The maximum absolute atomic E-state index is 4.51. The van der Waals surface area contributed by atoms with E-state index in [1.54, 1.807) is 0 Å². The largest absolute Gasteiger partial charge is 0.307 e. The van der Waals surface area contributed by atoms with Crippen molar-refractivity contribution in [2.75, 3.05) is 0 Å². The van der Waals surface area contributed by atoms with Crippen LogP contribution in [0.3, 0.4) is 0 Å². The molecule has 0 aliphatic heterocycles. The van der Waals surface area contributed by atoms with Crippen LogP contribution in [0.25, 0.3) is 0 Å². The third-order valence-corrected chi connectivity index (χ3v) is 4.84. The van der Waals surface area contributed by atoms with E-state index in [9.17, 15) is 0 Å². The lowest BCUT2D eigenvalue weighted by Gasteiger charge is -2.26. The smallest absolute Gasteiger partial charge is 0.0659 e. The molecule has 0 saturated carbocycles. The molecule has 0 amide bonds. The summed E-state index contributed by atoms with van der Waals surface area (Å²) in [7, 11) is 0. The van der Waals surface area contributed by atoms with E-state index in [4.69, 9.17) is 0 Å². The van der Waals surface area contributed by atoms with Gasteiger partial charge >= 0.3 is 0 Å². The van der Waals surface area contributed by atoms with Gasteiger partial charge in [-0.15, -0.1) is 0 Å². The number of nitrogens with zero attached hydrogens (tertiary/aromatic N) is 3. The monoisotopic (exact) mass is 321 g/mol. The lowest BCUT2D eigenvalue weighted by Crippen LogP contribution is -2.36. The van der Waals surface area contributed by atoms with Gasteiger partial charge in [-0.1, -0.05) is 30.3 Å². The Labute approximate surface area is 142 Å². The van der Waals surface area contributed by atoms with E-state index < -0.39 is 0 Å². The Balaban J connectivity index is 1.38. The topological polar surface area (TPSA) is 58.5 Å². The summed E-state index contributed by atoms with van der Waals surface area (Å²) in [4.78, 5) is 0. The van der Waals surface area contributed by atoms with Crippen molar-refractivity contribution in [1.29, 1.82) is 0 Å². The Morgan fingerprint density at radius 1 is 1.29 bits per heavy atom. The molecule has 5 nitrogen and oxygen atoms in total. The molecule has 1 aliphatic rings. The molecule has 2 unspecified atom stereocenters. The van der Waals surface area contributed by atoms with Crippen LogP contribution in [0.15, 0.2) is 48.9 Å². The predicted molar refractivity (Wildman–Crippen MR) is 93.7 cm³/mol. The minimum atomic E-state index is 0.299. The van der Waals surface area contributed by atoms with Gasteiger partial charge in [0.1, 0.15) is 0 Å². The quantitative estimate of drug-likeness (QED) is 0.760. The van der Waals surface area contributed by atoms with Crippen LogP contribution in [0, 0.1) is 0 Å². The molecule has 1 aliphatic carbocycles. The second kappa shape index (κ2) is 6.61. The van der Waals surface area contributed by atoms with Crippen LogP contribution in [0.4, 0.5) is 0 Å². The number of aryl methyl sites for hydroxylation is 1. The molecule has 0 bridgehead atoms. The van der Waals surface area contributed by atoms with Gasteiger partial charge in [-0.05, 0) is 37.3 Å². The zero-order chi connectivity index (χ0) is 16.4. The SMILES string of the molecule is CC(NC1CCc2[nH]ncc2C1)c1cnn(Cc2ccccc2)c1. The molecule has 2 aromatic heterocycles. The molecule has 0 spiro atoms. The molecule has 1 aromatic carbocycles. The molecule has 3 aromatic rings. The number of nitrogens with one attached hydrogen (secondary N) is 2. The number of aromatic nitrogens is 4. The molecule has 124 valence electrons. The molecule has 2 N–H and O–H groups in total. The van der Waals surface area contributed by atoms with Gasteiger partial charge in [0.2, 0.25) is 0 Å². The van der Waals surface area contributed by atoms with E-state index in [1.165, 1.54) is 22.4 Å². The van der Waals surface area contributed by atoms with Gasteiger partial charge in [0.15, 0.2) is 0 Å². The molecule has 24 heavy (non-hydrogen) atoms. The van der Waals surface area contributed by atoms with Gasteiger partial charge < -0.3 is 5.32 Å². The van der Waals surface area contributed by atoms with E-state index in [-0.39, 0.29) is 0 Å². The summed E-state index contributed by atoms with van der Waals surface area (Å²) in [6, 6.07) is 11.2. The summed E-state index contributed by atoms with van der Waals surface area (Å²) in [6.45, 7) is 3.03. The molecule has 2 atom stereocenters. The van der Waals surface area contributed by atoms with Gasteiger partial charge in [0, 0.05) is 29.5 Å². The number of rotatable bonds is 5. The van der Waals surface area contributed by atoms with Crippen molar-refractivity contribution in [3.63, 3.8) is 0 Å². The highest BCUT2D eigenvalue weighted by molar-refractivity contribution is 5.22. The normalized spacial score (nSPS) is 18.3. The van der Waals surface area contributed by atoms with Crippen molar-refractivity contribution in [2.45, 2.75) is 44.8 Å². The molecular formula is C19H23N5. The maximum atomic E-state index is 4.51. The fourth-order valence-corrected chi connectivity index (χ4v) is 3.47. The number of benzene rings is 1. The van der Waals surface area contributed by atoms with Crippen molar-refractivity contribution >= 4 is 0 Å². The van der Waals surface area contributed by atoms with Gasteiger partial charge in [0.25, 0.3) is 0 Å². The highest BCUT2D eigenvalue weighted by atomic mass is 15.3. The number of fused-ring (bicyclic) bond motifs is 1. The minimum absolute atomic E-state index is 0.299. The molecule has 0 fully saturated rings. The summed E-state index contributed by atoms with van der Waals surface area (Å²) in [5.74, 6) is 0. The second-order valence-corrected chi connectivity index (χ2v) is 6.66. The molecule has 0 saturated heterocycles. The van der Waals surface area contributed by atoms with Crippen LogP contribution < -0.4 is 5.32 Å². The molecular weight excluding hydrogens is 298 g/mol. The Hall–Kier alpha value is -2.40. The first-order valence-electron chi connectivity index (χ1n) is 8.61. The van der Waals surface area contributed by atoms with E-state index in [2.05, 4.69) is 58.0 Å². The first-order chi connectivity index (χ1) is 11.8. The Morgan fingerprint density at radius 2 is 2.17 bits per heavy atom. The van der Waals surface area contributed by atoms with Crippen molar-refractivity contribution in [3.05, 3.63) is 71.3 Å². The summed E-state index contributed by atoms with van der Waals surface area (Å²) < 4.78 is 2.01. The molecule has 2 heterocycles. The van der Waals surface area contributed by atoms with E-state index in [0.717, 1.165) is 25.8 Å². The van der Waals surface area contributed by atoms with Gasteiger partial charge in [-0.25, -0.2) is 0 Å². The Kier molecular flexibility index (Phi) is 4.17. The Bertz CT molecular complexity index is 789.